The van der Waals surface area contributed by atoms with E-state index in [1.807, 2.05) is 30.3 Å². The Labute approximate surface area is 196 Å². The molecule has 0 atom stereocenters. The SMILES string of the molecule is COC(=O)c1ccccc1CN(Cc1ccccc1)Cc1cccn1Cc1ccccc1C. The first-order chi connectivity index (χ1) is 16.1. The molecule has 0 unspecified atom stereocenters. The van der Waals surface area contributed by atoms with Gasteiger partial charge in [-0.3, -0.25) is 4.90 Å². The summed E-state index contributed by atoms with van der Waals surface area (Å²) in [6.45, 7) is 5.20. The van der Waals surface area contributed by atoms with E-state index in [9.17, 15) is 4.79 Å². The molecule has 168 valence electrons. The zero-order valence-corrected chi connectivity index (χ0v) is 19.3. The Hall–Kier alpha value is -3.63. The number of hydrogen-bond donors (Lipinski definition) is 0. The lowest BCUT2D eigenvalue weighted by molar-refractivity contribution is 0.0598. The van der Waals surface area contributed by atoms with Gasteiger partial charge in [0.1, 0.15) is 0 Å². The minimum atomic E-state index is -0.298. The van der Waals surface area contributed by atoms with Crippen molar-refractivity contribution in [3.8, 4) is 0 Å². The Morgan fingerprint density at radius 1 is 0.788 bits per heavy atom. The van der Waals surface area contributed by atoms with Gasteiger partial charge >= 0.3 is 5.97 Å². The molecular weight excluding hydrogens is 408 g/mol. The molecule has 4 nitrogen and oxygen atoms in total. The molecule has 0 aliphatic carbocycles. The first kappa shape index (κ1) is 22.6. The second kappa shape index (κ2) is 10.8. The summed E-state index contributed by atoms with van der Waals surface area (Å²) in [6.07, 6.45) is 2.14. The Morgan fingerprint density at radius 3 is 2.24 bits per heavy atom. The van der Waals surface area contributed by atoms with Crippen molar-refractivity contribution >= 4 is 5.97 Å². The van der Waals surface area contributed by atoms with Gasteiger partial charge in [-0.25, -0.2) is 4.79 Å². The van der Waals surface area contributed by atoms with Crippen LogP contribution in [0.3, 0.4) is 0 Å². The smallest absolute Gasteiger partial charge is 0.338 e. The van der Waals surface area contributed by atoms with Crippen molar-refractivity contribution in [1.82, 2.24) is 9.47 Å². The third kappa shape index (κ3) is 5.79. The number of hydrogen-bond acceptors (Lipinski definition) is 3. The van der Waals surface area contributed by atoms with E-state index in [2.05, 4.69) is 83.3 Å². The summed E-state index contributed by atoms with van der Waals surface area (Å²) in [4.78, 5) is 14.7. The number of nitrogens with zero attached hydrogens (tertiary/aromatic N) is 2. The van der Waals surface area contributed by atoms with Crippen LogP contribution >= 0.6 is 0 Å². The van der Waals surface area contributed by atoms with E-state index in [-0.39, 0.29) is 5.97 Å². The second-order valence-electron chi connectivity index (χ2n) is 8.33. The zero-order valence-electron chi connectivity index (χ0n) is 19.3. The van der Waals surface area contributed by atoms with E-state index < -0.39 is 0 Å². The van der Waals surface area contributed by atoms with E-state index in [4.69, 9.17) is 4.74 Å². The van der Waals surface area contributed by atoms with Crippen molar-refractivity contribution in [2.45, 2.75) is 33.1 Å². The predicted molar refractivity (Wildman–Crippen MR) is 132 cm³/mol. The first-order valence-electron chi connectivity index (χ1n) is 11.2. The standard InChI is InChI=1S/C29H30N2O2/c1-23-11-6-7-14-25(23)21-31-18-10-16-27(31)22-30(19-24-12-4-3-5-13-24)20-26-15-8-9-17-28(26)29(32)33-2/h3-18H,19-22H2,1-2H3. The summed E-state index contributed by atoms with van der Waals surface area (Å²) in [5.74, 6) is -0.298. The maximum atomic E-state index is 12.3. The van der Waals surface area contributed by atoms with E-state index in [0.29, 0.717) is 12.1 Å². The van der Waals surface area contributed by atoms with Crippen LogP contribution in [-0.4, -0.2) is 22.5 Å². The van der Waals surface area contributed by atoms with Crippen LogP contribution in [0.2, 0.25) is 0 Å². The van der Waals surface area contributed by atoms with Gasteiger partial charge in [-0.1, -0.05) is 72.8 Å². The second-order valence-corrected chi connectivity index (χ2v) is 8.33. The number of aryl methyl sites for hydroxylation is 1. The molecule has 0 aliphatic heterocycles. The number of ether oxygens (including phenoxy) is 1. The van der Waals surface area contributed by atoms with Crippen LogP contribution in [0.15, 0.2) is 97.2 Å². The highest BCUT2D eigenvalue weighted by Gasteiger charge is 2.16. The Kier molecular flexibility index (Phi) is 7.38. The van der Waals surface area contributed by atoms with Crippen LogP contribution in [0, 0.1) is 6.92 Å². The average molecular weight is 439 g/mol. The fraction of sp³-hybridized carbons (Fsp3) is 0.207. The first-order valence-corrected chi connectivity index (χ1v) is 11.2. The zero-order chi connectivity index (χ0) is 23.0. The molecule has 0 saturated carbocycles. The molecule has 4 aromatic rings. The van der Waals surface area contributed by atoms with Crippen molar-refractivity contribution in [3.05, 3.63) is 131 Å². The predicted octanol–water partition coefficient (Wildman–Crippen LogP) is 5.83. The molecule has 4 rings (SSSR count). The van der Waals surface area contributed by atoms with Crippen molar-refractivity contribution in [1.29, 1.82) is 0 Å². The number of benzene rings is 3. The van der Waals surface area contributed by atoms with Gasteiger partial charge in [0.2, 0.25) is 0 Å². The molecule has 0 amide bonds. The van der Waals surface area contributed by atoms with Crippen LogP contribution in [-0.2, 0) is 30.9 Å². The minimum absolute atomic E-state index is 0.298. The molecule has 4 heteroatoms. The molecular formula is C29H30N2O2. The monoisotopic (exact) mass is 438 g/mol. The molecule has 0 bridgehead atoms. The lowest BCUT2D eigenvalue weighted by Crippen LogP contribution is -2.25. The molecule has 33 heavy (non-hydrogen) atoms. The van der Waals surface area contributed by atoms with Gasteiger partial charge in [0.25, 0.3) is 0 Å². The molecule has 0 N–H and O–H groups in total. The maximum Gasteiger partial charge on any atom is 0.338 e. The summed E-state index contributed by atoms with van der Waals surface area (Å²) >= 11 is 0. The third-order valence-electron chi connectivity index (χ3n) is 5.98. The number of carbonyl (C=O) groups is 1. The lowest BCUT2D eigenvalue weighted by Gasteiger charge is -2.24. The number of methoxy groups -OCH3 is 1. The quantitative estimate of drug-likeness (QED) is 0.308. The highest BCUT2D eigenvalue weighted by Crippen LogP contribution is 2.19. The fourth-order valence-corrected chi connectivity index (χ4v) is 4.16. The molecule has 1 aromatic heterocycles. The van der Waals surface area contributed by atoms with Crippen LogP contribution in [0.1, 0.15) is 38.3 Å². The third-order valence-corrected chi connectivity index (χ3v) is 5.98. The van der Waals surface area contributed by atoms with Crippen LogP contribution in [0.25, 0.3) is 0 Å². The number of aromatic nitrogens is 1. The van der Waals surface area contributed by atoms with Crippen molar-refractivity contribution < 1.29 is 9.53 Å². The highest BCUT2D eigenvalue weighted by molar-refractivity contribution is 5.90. The average Bonchev–Trinajstić information content (AvgIpc) is 3.27. The summed E-state index contributed by atoms with van der Waals surface area (Å²) < 4.78 is 7.33. The van der Waals surface area contributed by atoms with Gasteiger partial charge in [-0.2, -0.15) is 0 Å². The normalized spacial score (nSPS) is 11.0. The van der Waals surface area contributed by atoms with Crippen LogP contribution < -0.4 is 0 Å². The van der Waals surface area contributed by atoms with E-state index in [1.165, 1.54) is 29.5 Å². The summed E-state index contributed by atoms with van der Waals surface area (Å²) in [7, 11) is 1.43. The molecule has 0 aliphatic rings. The summed E-state index contributed by atoms with van der Waals surface area (Å²) in [6, 6.07) is 31.0. The van der Waals surface area contributed by atoms with Gasteiger partial charge in [-0.05, 0) is 47.4 Å². The van der Waals surface area contributed by atoms with Crippen molar-refractivity contribution in [2.75, 3.05) is 7.11 Å². The topological polar surface area (TPSA) is 34.5 Å². The van der Waals surface area contributed by atoms with Crippen molar-refractivity contribution in [3.63, 3.8) is 0 Å². The molecule has 0 fully saturated rings. The highest BCUT2D eigenvalue weighted by atomic mass is 16.5. The van der Waals surface area contributed by atoms with Crippen LogP contribution in [0.4, 0.5) is 0 Å². The molecule has 1 heterocycles. The number of rotatable bonds is 9. The van der Waals surface area contributed by atoms with E-state index in [0.717, 1.165) is 25.2 Å². The number of carbonyl (C=O) groups excluding carboxylic acids is 1. The Balaban J connectivity index is 1.60. The molecule has 0 spiro atoms. The molecule has 3 aromatic carbocycles. The van der Waals surface area contributed by atoms with Gasteiger partial charge in [0, 0.05) is 38.1 Å². The maximum absolute atomic E-state index is 12.3. The lowest BCUT2D eigenvalue weighted by atomic mass is 10.1. The van der Waals surface area contributed by atoms with Gasteiger partial charge in [0.15, 0.2) is 0 Å². The summed E-state index contributed by atoms with van der Waals surface area (Å²) in [5.41, 5.74) is 6.69. The fourth-order valence-electron chi connectivity index (χ4n) is 4.16. The minimum Gasteiger partial charge on any atom is -0.465 e. The van der Waals surface area contributed by atoms with Gasteiger partial charge in [-0.15, -0.1) is 0 Å². The Bertz CT molecular complexity index is 1200. The molecule has 0 radical (unpaired) electrons. The van der Waals surface area contributed by atoms with E-state index >= 15 is 0 Å². The largest absolute Gasteiger partial charge is 0.465 e. The summed E-state index contributed by atoms with van der Waals surface area (Å²) in [5, 5.41) is 0. The van der Waals surface area contributed by atoms with Crippen molar-refractivity contribution in [2.24, 2.45) is 0 Å². The molecule has 0 saturated heterocycles. The van der Waals surface area contributed by atoms with Gasteiger partial charge < -0.3 is 9.30 Å². The Morgan fingerprint density at radius 2 is 1.48 bits per heavy atom. The van der Waals surface area contributed by atoms with Crippen LogP contribution in [0.5, 0.6) is 0 Å². The number of esters is 1. The van der Waals surface area contributed by atoms with E-state index in [1.54, 1.807) is 0 Å². The van der Waals surface area contributed by atoms with Gasteiger partial charge in [0.05, 0.1) is 12.7 Å².